The SMILES string of the molecule is NC(=O)N(CCc1ccc2ccccc2c1)C(=O)Nc1ccc(N2CCCN(C(=O)C3CCNCC3)CC2)c(NC(=O)CCCc2ccccc2)c1. The van der Waals surface area contributed by atoms with Crippen molar-refractivity contribution in [2.75, 3.05) is 61.3 Å². The normalized spacial score (nSPS) is 15.2. The number of rotatable bonds is 11. The van der Waals surface area contributed by atoms with E-state index in [1.54, 1.807) is 12.1 Å². The molecule has 2 fully saturated rings. The third-order valence-corrected chi connectivity index (χ3v) is 10.0. The highest BCUT2D eigenvalue weighted by Crippen LogP contribution is 2.31. The van der Waals surface area contributed by atoms with Gasteiger partial charge < -0.3 is 31.5 Å². The van der Waals surface area contributed by atoms with Crippen molar-refractivity contribution < 1.29 is 19.2 Å². The maximum Gasteiger partial charge on any atom is 0.329 e. The van der Waals surface area contributed by atoms with Crippen LogP contribution in [-0.2, 0) is 22.4 Å². The molecular weight excluding hydrogens is 654 g/mol. The molecule has 0 aromatic heterocycles. The van der Waals surface area contributed by atoms with Crippen molar-refractivity contribution >= 4 is 51.7 Å². The summed E-state index contributed by atoms with van der Waals surface area (Å²) in [6, 6.07) is 28.0. The highest BCUT2D eigenvalue weighted by Gasteiger charge is 2.28. The number of carbonyl (C=O) groups is 4. The van der Waals surface area contributed by atoms with E-state index in [-0.39, 0.29) is 24.3 Å². The van der Waals surface area contributed by atoms with E-state index in [4.69, 9.17) is 5.73 Å². The summed E-state index contributed by atoms with van der Waals surface area (Å²) >= 11 is 0. The summed E-state index contributed by atoms with van der Waals surface area (Å²) in [6.07, 6.45) is 4.76. The number of nitrogens with zero attached hydrogens (tertiary/aromatic N) is 3. The lowest BCUT2D eigenvalue weighted by molar-refractivity contribution is -0.136. The van der Waals surface area contributed by atoms with Crippen LogP contribution in [0.15, 0.2) is 91.0 Å². The Morgan fingerprint density at radius 1 is 0.769 bits per heavy atom. The van der Waals surface area contributed by atoms with Crippen LogP contribution in [0.25, 0.3) is 10.8 Å². The maximum absolute atomic E-state index is 13.4. The summed E-state index contributed by atoms with van der Waals surface area (Å²) in [5.41, 5.74) is 9.62. The second-order valence-electron chi connectivity index (χ2n) is 13.7. The van der Waals surface area contributed by atoms with Crippen molar-refractivity contribution in [3.8, 4) is 0 Å². The average Bonchev–Trinajstić information content (AvgIpc) is 3.42. The zero-order chi connectivity index (χ0) is 36.3. The molecule has 2 aliphatic rings. The number of piperidine rings is 1. The molecule has 52 heavy (non-hydrogen) atoms. The second kappa shape index (κ2) is 17.7. The fourth-order valence-electron chi connectivity index (χ4n) is 7.14. The number of benzene rings is 4. The number of primary amides is 1. The zero-order valence-corrected chi connectivity index (χ0v) is 29.7. The third kappa shape index (κ3) is 9.67. The predicted octanol–water partition coefficient (Wildman–Crippen LogP) is 5.99. The molecule has 11 nitrogen and oxygen atoms in total. The molecule has 11 heteroatoms. The Morgan fingerprint density at radius 2 is 1.54 bits per heavy atom. The van der Waals surface area contributed by atoms with E-state index < -0.39 is 12.1 Å². The van der Waals surface area contributed by atoms with Crippen molar-refractivity contribution in [3.05, 3.63) is 102 Å². The average molecular weight is 704 g/mol. The van der Waals surface area contributed by atoms with Gasteiger partial charge in [-0.2, -0.15) is 0 Å². The molecular formula is C41H49N7O4. The van der Waals surface area contributed by atoms with Gasteiger partial charge in [-0.05, 0) is 91.7 Å². The molecule has 0 radical (unpaired) electrons. The van der Waals surface area contributed by atoms with E-state index in [0.29, 0.717) is 56.8 Å². The van der Waals surface area contributed by atoms with Crippen molar-refractivity contribution in [1.82, 2.24) is 15.1 Å². The van der Waals surface area contributed by atoms with E-state index in [9.17, 15) is 19.2 Å². The molecule has 0 bridgehead atoms. The number of aryl methyl sites for hydroxylation is 1. The van der Waals surface area contributed by atoms with Crippen LogP contribution < -0.4 is 26.6 Å². The van der Waals surface area contributed by atoms with Crippen LogP contribution >= 0.6 is 0 Å². The molecule has 5 N–H and O–H groups in total. The molecule has 6 rings (SSSR count). The van der Waals surface area contributed by atoms with Gasteiger partial charge in [0.1, 0.15) is 0 Å². The van der Waals surface area contributed by atoms with Gasteiger partial charge in [-0.1, -0.05) is 72.8 Å². The van der Waals surface area contributed by atoms with E-state index >= 15 is 0 Å². The Morgan fingerprint density at radius 3 is 2.33 bits per heavy atom. The van der Waals surface area contributed by atoms with Crippen LogP contribution in [0.2, 0.25) is 0 Å². The van der Waals surface area contributed by atoms with Crippen LogP contribution in [0.3, 0.4) is 0 Å². The molecule has 2 aliphatic heterocycles. The molecule has 2 saturated heterocycles. The summed E-state index contributed by atoms with van der Waals surface area (Å²) in [4.78, 5) is 57.7. The number of hydrogen-bond acceptors (Lipinski definition) is 6. The molecule has 0 saturated carbocycles. The first-order valence-electron chi connectivity index (χ1n) is 18.4. The monoisotopic (exact) mass is 703 g/mol. The van der Waals surface area contributed by atoms with Gasteiger partial charge in [0.25, 0.3) is 0 Å². The van der Waals surface area contributed by atoms with Crippen molar-refractivity contribution in [2.45, 2.75) is 44.9 Å². The van der Waals surface area contributed by atoms with Gasteiger partial charge >= 0.3 is 12.1 Å². The Bertz CT molecular complexity index is 1860. The number of anilines is 3. The van der Waals surface area contributed by atoms with Crippen LogP contribution in [-0.4, -0.2) is 79.5 Å². The summed E-state index contributed by atoms with van der Waals surface area (Å²) in [5.74, 6) is 0.161. The number of nitrogens with two attached hydrogens (primary N) is 1. The largest absolute Gasteiger partial charge is 0.368 e. The van der Waals surface area contributed by atoms with Crippen molar-refractivity contribution in [1.29, 1.82) is 0 Å². The van der Waals surface area contributed by atoms with Gasteiger partial charge in [0.15, 0.2) is 0 Å². The minimum absolute atomic E-state index is 0.0639. The predicted molar refractivity (Wildman–Crippen MR) is 206 cm³/mol. The van der Waals surface area contributed by atoms with Crippen molar-refractivity contribution in [2.24, 2.45) is 11.7 Å². The number of amides is 6. The van der Waals surface area contributed by atoms with E-state index in [0.717, 1.165) is 65.7 Å². The number of carbonyl (C=O) groups excluding carboxylic acids is 4. The lowest BCUT2D eigenvalue weighted by atomic mass is 9.96. The highest BCUT2D eigenvalue weighted by molar-refractivity contribution is 6.02. The fourth-order valence-corrected chi connectivity index (χ4v) is 7.14. The Labute approximate surface area is 305 Å². The summed E-state index contributed by atoms with van der Waals surface area (Å²) < 4.78 is 0. The van der Waals surface area contributed by atoms with Gasteiger partial charge in [-0.3, -0.25) is 9.59 Å². The van der Waals surface area contributed by atoms with Gasteiger partial charge in [0.2, 0.25) is 11.8 Å². The number of nitrogens with one attached hydrogen (secondary N) is 3. The quantitative estimate of drug-likeness (QED) is 0.151. The first-order chi connectivity index (χ1) is 25.3. The molecule has 0 spiro atoms. The molecule has 2 heterocycles. The first-order valence-corrected chi connectivity index (χ1v) is 18.4. The van der Waals surface area contributed by atoms with Crippen LogP contribution in [0, 0.1) is 5.92 Å². The second-order valence-corrected chi connectivity index (χ2v) is 13.7. The summed E-state index contributed by atoms with van der Waals surface area (Å²) in [6.45, 7) is 4.45. The molecule has 4 aromatic carbocycles. The van der Waals surface area contributed by atoms with Crippen LogP contribution in [0.4, 0.5) is 26.7 Å². The summed E-state index contributed by atoms with van der Waals surface area (Å²) in [5, 5.41) is 11.5. The van der Waals surface area contributed by atoms with E-state index in [1.165, 1.54) is 5.56 Å². The first kappa shape index (κ1) is 36.4. The molecule has 0 atom stereocenters. The lowest BCUT2D eigenvalue weighted by Gasteiger charge is -2.29. The topological polar surface area (TPSA) is 140 Å². The van der Waals surface area contributed by atoms with Crippen LogP contribution in [0.1, 0.15) is 43.2 Å². The van der Waals surface area contributed by atoms with Gasteiger partial charge in [0.05, 0.1) is 11.4 Å². The molecule has 272 valence electrons. The van der Waals surface area contributed by atoms with Crippen LogP contribution in [0.5, 0.6) is 0 Å². The Hall–Kier alpha value is -5.42. The lowest BCUT2D eigenvalue weighted by Crippen LogP contribution is -2.44. The third-order valence-electron chi connectivity index (χ3n) is 10.0. The molecule has 0 aliphatic carbocycles. The molecule has 0 unspecified atom stereocenters. The molecule has 6 amide bonds. The number of fused-ring (bicyclic) bond motifs is 1. The van der Waals surface area contributed by atoms with Gasteiger partial charge in [0, 0.05) is 50.7 Å². The van der Waals surface area contributed by atoms with E-state index in [2.05, 4.69) is 33.0 Å². The minimum Gasteiger partial charge on any atom is -0.368 e. The number of urea groups is 2. The van der Waals surface area contributed by atoms with Gasteiger partial charge in [-0.15, -0.1) is 0 Å². The van der Waals surface area contributed by atoms with Crippen molar-refractivity contribution in [3.63, 3.8) is 0 Å². The Balaban J connectivity index is 1.15. The fraction of sp³-hybridized carbons (Fsp3) is 0.366. The smallest absolute Gasteiger partial charge is 0.329 e. The van der Waals surface area contributed by atoms with Gasteiger partial charge in [-0.25, -0.2) is 14.5 Å². The Kier molecular flexibility index (Phi) is 12.4. The standard InChI is InChI=1S/C41H49N7O4/c42-40(51)48(25-20-31-14-15-32-11-4-5-12-34(32)28-31)41(52)44-35-16-17-37(36(29-35)45-38(49)13-6-10-30-8-2-1-3-9-30)46-23-7-24-47(27-26-46)39(50)33-18-21-43-22-19-33/h1-5,8-9,11-12,14-17,28-29,33,43H,6-7,10,13,18-27H2,(H2,42,51)(H,44,52)(H,45,49). The number of imide groups is 1. The highest BCUT2D eigenvalue weighted by atomic mass is 16.2. The molecule has 4 aromatic rings. The maximum atomic E-state index is 13.4. The van der Waals surface area contributed by atoms with E-state index in [1.807, 2.05) is 71.6 Å². The zero-order valence-electron chi connectivity index (χ0n) is 29.7. The minimum atomic E-state index is -0.852. The summed E-state index contributed by atoms with van der Waals surface area (Å²) in [7, 11) is 0. The number of hydrogen-bond donors (Lipinski definition) is 4.